The molecule has 0 aliphatic carbocycles. The summed E-state index contributed by atoms with van der Waals surface area (Å²) in [6.45, 7) is 10.2. The second kappa shape index (κ2) is 11.2. The molecule has 1 atom stereocenters. The molecule has 0 saturated heterocycles. The molecule has 1 unspecified atom stereocenters. The second-order valence-electron chi connectivity index (χ2n) is 8.19. The van der Waals surface area contributed by atoms with Gasteiger partial charge in [-0.05, 0) is 31.0 Å². The Bertz CT molecular complexity index is 1130. The van der Waals surface area contributed by atoms with Crippen LogP contribution in [0.3, 0.4) is 0 Å². The third kappa shape index (κ3) is 5.62. The van der Waals surface area contributed by atoms with Gasteiger partial charge in [0, 0.05) is 19.6 Å². The van der Waals surface area contributed by atoms with Gasteiger partial charge in [-0.2, -0.15) is 0 Å². The molecule has 4 rings (SSSR count). The summed E-state index contributed by atoms with van der Waals surface area (Å²) in [4.78, 5) is 15.0. The van der Waals surface area contributed by atoms with Crippen molar-refractivity contribution in [2.24, 2.45) is 0 Å². The molecule has 0 spiro atoms. The summed E-state index contributed by atoms with van der Waals surface area (Å²) < 4.78 is 13.9. The molecule has 8 heteroatoms. The Morgan fingerprint density at radius 2 is 1.97 bits per heavy atom. The number of ether oxygens (including phenoxy) is 2. The van der Waals surface area contributed by atoms with Crippen LogP contribution in [0.25, 0.3) is 0 Å². The highest BCUT2D eigenvalue weighted by Crippen LogP contribution is 2.36. The molecule has 3 aromatic rings. The van der Waals surface area contributed by atoms with Gasteiger partial charge in [-0.1, -0.05) is 66.7 Å². The summed E-state index contributed by atoms with van der Waals surface area (Å²) >= 11 is 1.39. The van der Waals surface area contributed by atoms with Gasteiger partial charge in [-0.15, -0.1) is 16.8 Å². The average molecular weight is 479 g/mol. The monoisotopic (exact) mass is 478 g/mol. The Morgan fingerprint density at radius 3 is 2.71 bits per heavy atom. The lowest BCUT2D eigenvalue weighted by molar-refractivity contribution is -0.129. The SMILES string of the molecule is C=CCn1c(SCC(=O)N(CCC)Cc2ccc(C)cc2)nnc1C1COc2ccccc2O1. The van der Waals surface area contributed by atoms with Crippen molar-refractivity contribution in [3.63, 3.8) is 0 Å². The van der Waals surface area contributed by atoms with E-state index in [0.717, 1.165) is 17.7 Å². The fraction of sp³-hybridized carbons (Fsp3) is 0.346. The van der Waals surface area contributed by atoms with Crippen LogP contribution in [0.5, 0.6) is 11.5 Å². The van der Waals surface area contributed by atoms with Crippen LogP contribution >= 0.6 is 11.8 Å². The van der Waals surface area contributed by atoms with Gasteiger partial charge in [0.1, 0.15) is 6.61 Å². The molecule has 0 fully saturated rings. The normalized spacial score (nSPS) is 14.6. The first-order valence-corrected chi connectivity index (χ1v) is 12.5. The maximum atomic E-state index is 13.1. The zero-order valence-corrected chi connectivity index (χ0v) is 20.5. The predicted molar refractivity (Wildman–Crippen MR) is 133 cm³/mol. The zero-order chi connectivity index (χ0) is 23.9. The first-order chi connectivity index (χ1) is 16.6. The summed E-state index contributed by atoms with van der Waals surface area (Å²) in [5, 5.41) is 9.40. The third-order valence-corrected chi connectivity index (χ3v) is 6.47. The van der Waals surface area contributed by atoms with Crippen molar-refractivity contribution in [2.45, 2.75) is 44.6 Å². The van der Waals surface area contributed by atoms with Crippen LogP contribution in [-0.4, -0.2) is 44.5 Å². The van der Waals surface area contributed by atoms with E-state index in [0.29, 0.717) is 43.0 Å². The van der Waals surface area contributed by atoms with E-state index in [2.05, 4.69) is 54.9 Å². The maximum Gasteiger partial charge on any atom is 0.233 e. The minimum absolute atomic E-state index is 0.0771. The van der Waals surface area contributed by atoms with Crippen molar-refractivity contribution in [1.82, 2.24) is 19.7 Å². The first kappa shape index (κ1) is 23.9. The van der Waals surface area contributed by atoms with Gasteiger partial charge >= 0.3 is 0 Å². The third-order valence-electron chi connectivity index (χ3n) is 5.52. The van der Waals surface area contributed by atoms with E-state index < -0.39 is 0 Å². The molecule has 34 heavy (non-hydrogen) atoms. The minimum Gasteiger partial charge on any atom is -0.485 e. The number of fused-ring (bicyclic) bond motifs is 1. The molecule has 1 aliphatic rings. The highest BCUT2D eigenvalue weighted by atomic mass is 32.2. The van der Waals surface area contributed by atoms with Gasteiger partial charge in [0.2, 0.25) is 5.91 Å². The average Bonchev–Trinajstić information content (AvgIpc) is 3.26. The quantitative estimate of drug-likeness (QED) is 0.308. The van der Waals surface area contributed by atoms with Gasteiger partial charge in [-0.25, -0.2) is 0 Å². The van der Waals surface area contributed by atoms with Crippen LogP contribution in [-0.2, 0) is 17.9 Å². The number of carbonyl (C=O) groups is 1. The van der Waals surface area contributed by atoms with Gasteiger partial charge in [0.15, 0.2) is 28.6 Å². The van der Waals surface area contributed by atoms with Crippen molar-refractivity contribution in [2.75, 3.05) is 18.9 Å². The number of carbonyl (C=O) groups excluding carboxylic acids is 1. The molecule has 0 N–H and O–H groups in total. The second-order valence-corrected chi connectivity index (χ2v) is 9.14. The van der Waals surface area contributed by atoms with Crippen LogP contribution in [0.2, 0.25) is 0 Å². The topological polar surface area (TPSA) is 69.5 Å². The summed E-state index contributed by atoms with van der Waals surface area (Å²) in [5.74, 6) is 2.43. The molecule has 2 heterocycles. The van der Waals surface area contributed by atoms with E-state index in [4.69, 9.17) is 9.47 Å². The molecule has 1 amide bonds. The Balaban J connectivity index is 1.44. The number of allylic oxidation sites excluding steroid dienone is 1. The Kier molecular flexibility index (Phi) is 7.90. The standard InChI is InChI=1S/C26H30N4O3S/c1-4-14-29(16-20-12-10-19(3)11-13-20)24(31)18-34-26-28-27-25(30(26)15-5-2)23-17-32-21-8-6-7-9-22(21)33-23/h5-13,23H,2,4,14-18H2,1,3H3. The van der Waals surface area contributed by atoms with E-state index >= 15 is 0 Å². The van der Waals surface area contributed by atoms with E-state index in [1.165, 1.54) is 17.3 Å². The molecule has 1 aliphatic heterocycles. The number of hydrogen-bond acceptors (Lipinski definition) is 6. The number of amides is 1. The van der Waals surface area contributed by atoms with Crippen LogP contribution in [0, 0.1) is 6.92 Å². The highest BCUT2D eigenvalue weighted by Gasteiger charge is 2.28. The highest BCUT2D eigenvalue weighted by molar-refractivity contribution is 7.99. The summed E-state index contributed by atoms with van der Waals surface area (Å²) in [7, 11) is 0. The Morgan fingerprint density at radius 1 is 1.21 bits per heavy atom. The van der Waals surface area contributed by atoms with Crippen LogP contribution < -0.4 is 9.47 Å². The largest absolute Gasteiger partial charge is 0.485 e. The van der Waals surface area contributed by atoms with Crippen molar-refractivity contribution in [3.05, 3.63) is 78.1 Å². The number of para-hydroxylation sites is 2. The van der Waals surface area contributed by atoms with Crippen molar-refractivity contribution in [3.8, 4) is 11.5 Å². The van der Waals surface area contributed by atoms with Gasteiger partial charge in [-0.3, -0.25) is 9.36 Å². The molecule has 178 valence electrons. The van der Waals surface area contributed by atoms with Crippen molar-refractivity contribution < 1.29 is 14.3 Å². The van der Waals surface area contributed by atoms with Crippen molar-refractivity contribution >= 4 is 17.7 Å². The van der Waals surface area contributed by atoms with Gasteiger partial charge in [0.25, 0.3) is 0 Å². The Labute approximate surface area is 204 Å². The van der Waals surface area contributed by atoms with Crippen molar-refractivity contribution in [1.29, 1.82) is 0 Å². The molecule has 0 bridgehead atoms. The minimum atomic E-state index is -0.384. The van der Waals surface area contributed by atoms with Crippen LogP contribution in [0.4, 0.5) is 0 Å². The van der Waals surface area contributed by atoms with Crippen LogP contribution in [0.1, 0.15) is 36.4 Å². The van der Waals surface area contributed by atoms with E-state index in [1.807, 2.05) is 33.7 Å². The number of aryl methyl sites for hydroxylation is 1. The maximum absolute atomic E-state index is 13.1. The number of thioether (sulfide) groups is 1. The number of benzene rings is 2. The molecule has 7 nitrogen and oxygen atoms in total. The molecule has 1 aromatic heterocycles. The summed E-state index contributed by atoms with van der Waals surface area (Å²) in [5.41, 5.74) is 2.34. The fourth-order valence-electron chi connectivity index (χ4n) is 3.79. The lowest BCUT2D eigenvalue weighted by atomic mass is 10.1. The van der Waals surface area contributed by atoms with E-state index in [1.54, 1.807) is 6.08 Å². The molecule has 2 aromatic carbocycles. The summed E-state index contributed by atoms with van der Waals surface area (Å²) in [6, 6.07) is 15.9. The molecular weight excluding hydrogens is 448 g/mol. The van der Waals surface area contributed by atoms with Crippen LogP contribution in [0.15, 0.2) is 66.3 Å². The number of aromatic nitrogens is 3. The first-order valence-electron chi connectivity index (χ1n) is 11.5. The number of nitrogens with zero attached hydrogens (tertiary/aromatic N) is 4. The van der Waals surface area contributed by atoms with Gasteiger partial charge in [0.05, 0.1) is 5.75 Å². The lowest BCUT2D eigenvalue weighted by Crippen LogP contribution is -2.32. The molecule has 0 radical (unpaired) electrons. The fourth-order valence-corrected chi connectivity index (χ4v) is 4.64. The summed E-state index contributed by atoms with van der Waals surface area (Å²) in [6.07, 6.45) is 2.31. The molecular formula is C26H30N4O3S. The van der Waals surface area contributed by atoms with Gasteiger partial charge < -0.3 is 14.4 Å². The number of hydrogen-bond donors (Lipinski definition) is 0. The number of rotatable bonds is 10. The van der Waals surface area contributed by atoms with E-state index in [9.17, 15) is 4.79 Å². The predicted octanol–water partition coefficient (Wildman–Crippen LogP) is 4.82. The smallest absolute Gasteiger partial charge is 0.233 e. The van der Waals surface area contributed by atoms with E-state index in [-0.39, 0.29) is 17.8 Å². The molecule has 0 saturated carbocycles. The zero-order valence-electron chi connectivity index (χ0n) is 19.6. The Hall–Kier alpha value is -3.26. The lowest BCUT2D eigenvalue weighted by Gasteiger charge is -2.26.